The molecule has 1 heterocycles. The minimum absolute atomic E-state index is 0. The molecule has 1 aliphatic rings. The van der Waals surface area contributed by atoms with Gasteiger partial charge in [-0.2, -0.15) is 0 Å². The van der Waals surface area contributed by atoms with Crippen molar-refractivity contribution in [3.8, 4) is 0 Å². The molecule has 0 radical (unpaired) electrons. The first-order chi connectivity index (χ1) is 14.6. The Morgan fingerprint density at radius 1 is 1.13 bits per heavy atom. The Kier molecular flexibility index (Phi) is 11.1. The van der Waals surface area contributed by atoms with Gasteiger partial charge in [0.25, 0.3) is 5.91 Å². The van der Waals surface area contributed by atoms with Crippen molar-refractivity contribution in [3.63, 3.8) is 0 Å². The summed E-state index contributed by atoms with van der Waals surface area (Å²) in [7, 11) is 0. The van der Waals surface area contributed by atoms with Gasteiger partial charge in [-0.15, -0.1) is 24.0 Å². The SMILES string of the molecule is CCNC(=NCc1cccc(C(=O)NCC2CCCO2)c1)NCc1ccc(Cl)cc1.I. The standard InChI is InChI=1S/C23H29ClN4O2.HI/c1-2-25-23(27-14-17-8-10-20(24)11-9-17)28-15-18-5-3-6-19(13-18)22(29)26-16-21-7-4-12-30-21;/h3,5-6,8-11,13,21H,2,4,7,12,14-16H2,1H3,(H,26,29)(H2,25,27,28);1H. The van der Waals surface area contributed by atoms with E-state index in [1.807, 2.05) is 55.5 Å². The number of carbonyl (C=O) groups is 1. The lowest BCUT2D eigenvalue weighted by atomic mass is 10.1. The van der Waals surface area contributed by atoms with Gasteiger partial charge >= 0.3 is 0 Å². The Morgan fingerprint density at radius 3 is 2.65 bits per heavy atom. The van der Waals surface area contributed by atoms with Crippen LogP contribution in [-0.2, 0) is 17.8 Å². The largest absolute Gasteiger partial charge is 0.376 e. The molecular weight excluding hydrogens is 527 g/mol. The molecule has 2 aromatic carbocycles. The van der Waals surface area contributed by atoms with Crippen molar-refractivity contribution in [3.05, 3.63) is 70.2 Å². The first-order valence-electron chi connectivity index (χ1n) is 10.4. The van der Waals surface area contributed by atoms with E-state index in [1.54, 1.807) is 0 Å². The van der Waals surface area contributed by atoms with Gasteiger partial charge in [0.2, 0.25) is 0 Å². The van der Waals surface area contributed by atoms with Gasteiger partial charge in [-0.25, -0.2) is 4.99 Å². The number of halogens is 2. The van der Waals surface area contributed by atoms with Crippen LogP contribution >= 0.6 is 35.6 Å². The average Bonchev–Trinajstić information content (AvgIpc) is 3.29. The molecule has 1 saturated heterocycles. The highest BCUT2D eigenvalue weighted by molar-refractivity contribution is 14.0. The molecule has 1 atom stereocenters. The zero-order chi connectivity index (χ0) is 21.2. The summed E-state index contributed by atoms with van der Waals surface area (Å²) in [6.45, 7) is 5.25. The number of guanidine groups is 1. The average molecular weight is 557 g/mol. The van der Waals surface area contributed by atoms with Gasteiger partial charge in [0.1, 0.15) is 0 Å². The highest BCUT2D eigenvalue weighted by atomic mass is 127. The van der Waals surface area contributed by atoms with Crippen LogP contribution in [0.5, 0.6) is 0 Å². The predicted octanol–water partition coefficient (Wildman–Crippen LogP) is 4.12. The van der Waals surface area contributed by atoms with Crippen molar-refractivity contribution in [2.24, 2.45) is 4.99 Å². The van der Waals surface area contributed by atoms with Gasteiger partial charge in [-0.05, 0) is 55.2 Å². The van der Waals surface area contributed by atoms with E-state index in [9.17, 15) is 4.79 Å². The molecule has 0 aromatic heterocycles. The summed E-state index contributed by atoms with van der Waals surface area (Å²) in [5.74, 6) is 0.643. The highest BCUT2D eigenvalue weighted by Gasteiger charge is 2.16. The lowest BCUT2D eigenvalue weighted by Gasteiger charge is -2.12. The maximum Gasteiger partial charge on any atom is 0.251 e. The molecule has 1 amide bonds. The molecule has 168 valence electrons. The molecule has 1 aliphatic heterocycles. The van der Waals surface area contributed by atoms with Crippen LogP contribution in [0.2, 0.25) is 5.02 Å². The van der Waals surface area contributed by atoms with Crippen molar-refractivity contribution in [1.82, 2.24) is 16.0 Å². The van der Waals surface area contributed by atoms with E-state index in [2.05, 4.69) is 20.9 Å². The molecule has 1 unspecified atom stereocenters. The first kappa shape index (κ1) is 25.4. The lowest BCUT2D eigenvalue weighted by Crippen LogP contribution is -2.36. The number of ether oxygens (including phenoxy) is 1. The zero-order valence-corrected chi connectivity index (χ0v) is 20.8. The monoisotopic (exact) mass is 556 g/mol. The molecule has 2 aromatic rings. The number of hydrogen-bond donors (Lipinski definition) is 3. The normalized spacial score (nSPS) is 15.8. The third kappa shape index (κ3) is 8.66. The number of rotatable bonds is 8. The smallest absolute Gasteiger partial charge is 0.251 e. The third-order valence-electron chi connectivity index (χ3n) is 4.84. The first-order valence-corrected chi connectivity index (χ1v) is 10.8. The molecule has 6 nitrogen and oxygen atoms in total. The van der Waals surface area contributed by atoms with Crippen molar-refractivity contribution in [2.45, 2.75) is 39.0 Å². The van der Waals surface area contributed by atoms with Crippen molar-refractivity contribution in [2.75, 3.05) is 19.7 Å². The molecule has 0 spiro atoms. The van der Waals surface area contributed by atoms with E-state index in [4.69, 9.17) is 16.3 Å². The maximum absolute atomic E-state index is 12.4. The summed E-state index contributed by atoms with van der Waals surface area (Å²) in [6.07, 6.45) is 2.20. The van der Waals surface area contributed by atoms with Crippen LogP contribution < -0.4 is 16.0 Å². The fourth-order valence-electron chi connectivity index (χ4n) is 3.22. The summed E-state index contributed by atoms with van der Waals surface area (Å²) in [6, 6.07) is 15.3. The minimum Gasteiger partial charge on any atom is -0.376 e. The number of carbonyl (C=O) groups excluding carboxylic acids is 1. The van der Waals surface area contributed by atoms with Crippen molar-refractivity contribution in [1.29, 1.82) is 0 Å². The molecule has 0 aliphatic carbocycles. The molecule has 8 heteroatoms. The van der Waals surface area contributed by atoms with E-state index < -0.39 is 0 Å². The molecular formula is C23H30ClIN4O2. The Labute approximate surface area is 206 Å². The topological polar surface area (TPSA) is 74.8 Å². The molecule has 0 saturated carbocycles. The van der Waals surface area contributed by atoms with Crippen LogP contribution in [0.4, 0.5) is 0 Å². The van der Waals surface area contributed by atoms with Gasteiger partial charge in [0, 0.05) is 36.8 Å². The molecule has 1 fully saturated rings. The fraction of sp³-hybridized carbons (Fsp3) is 0.391. The molecule has 31 heavy (non-hydrogen) atoms. The fourth-order valence-corrected chi connectivity index (χ4v) is 3.35. The van der Waals surface area contributed by atoms with Gasteiger partial charge in [-0.3, -0.25) is 4.79 Å². The number of hydrogen-bond acceptors (Lipinski definition) is 3. The van der Waals surface area contributed by atoms with Gasteiger partial charge in [0.05, 0.1) is 12.6 Å². The van der Waals surface area contributed by atoms with Crippen LogP contribution in [0.15, 0.2) is 53.5 Å². The zero-order valence-electron chi connectivity index (χ0n) is 17.7. The molecule has 0 bridgehead atoms. The van der Waals surface area contributed by atoms with Crippen LogP contribution in [0.1, 0.15) is 41.3 Å². The van der Waals surface area contributed by atoms with E-state index in [-0.39, 0.29) is 36.0 Å². The lowest BCUT2D eigenvalue weighted by molar-refractivity contribution is 0.0857. The Morgan fingerprint density at radius 2 is 1.94 bits per heavy atom. The number of nitrogens with one attached hydrogen (secondary N) is 3. The highest BCUT2D eigenvalue weighted by Crippen LogP contribution is 2.12. The van der Waals surface area contributed by atoms with Gasteiger partial charge in [-0.1, -0.05) is 35.9 Å². The third-order valence-corrected chi connectivity index (χ3v) is 5.09. The Bertz CT molecular complexity index is 855. The summed E-state index contributed by atoms with van der Waals surface area (Å²) in [4.78, 5) is 17.1. The summed E-state index contributed by atoms with van der Waals surface area (Å²) in [5.41, 5.74) is 2.73. The van der Waals surface area contributed by atoms with Crippen molar-refractivity contribution < 1.29 is 9.53 Å². The maximum atomic E-state index is 12.4. The molecule has 3 rings (SSSR count). The summed E-state index contributed by atoms with van der Waals surface area (Å²) >= 11 is 5.94. The number of aliphatic imine (C=N–C) groups is 1. The van der Waals surface area contributed by atoms with E-state index in [1.165, 1.54) is 0 Å². The van der Waals surface area contributed by atoms with Gasteiger partial charge in [0.15, 0.2) is 5.96 Å². The van der Waals surface area contributed by atoms with Crippen LogP contribution in [0.25, 0.3) is 0 Å². The summed E-state index contributed by atoms with van der Waals surface area (Å²) in [5, 5.41) is 10.2. The quantitative estimate of drug-likeness (QED) is 0.260. The number of nitrogens with zero attached hydrogens (tertiary/aromatic N) is 1. The van der Waals surface area contributed by atoms with E-state index in [0.717, 1.165) is 48.1 Å². The second kappa shape index (κ2) is 13.5. The predicted molar refractivity (Wildman–Crippen MR) is 136 cm³/mol. The van der Waals surface area contributed by atoms with Crippen LogP contribution in [-0.4, -0.2) is 37.7 Å². The second-order valence-electron chi connectivity index (χ2n) is 7.22. The van der Waals surface area contributed by atoms with Crippen LogP contribution in [0.3, 0.4) is 0 Å². The Hall–Kier alpha value is -1.84. The van der Waals surface area contributed by atoms with Gasteiger partial charge < -0.3 is 20.7 Å². The Balaban J connectivity index is 0.00000341. The van der Waals surface area contributed by atoms with E-state index >= 15 is 0 Å². The van der Waals surface area contributed by atoms with Crippen LogP contribution in [0, 0.1) is 0 Å². The van der Waals surface area contributed by atoms with E-state index in [0.29, 0.717) is 25.2 Å². The second-order valence-corrected chi connectivity index (χ2v) is 7.66. The number of benzene rings is 2. The summed E-state index contributed by atoms with van der Waals surface area (Å²) < 4.78 is 5.56. The van der Waals surface area contributed by atoms with Crippen molar-refractivity contribution >= 4 is 47.4 Å². The number of amides is 1. The molecule has 3 N–H and O–H groups in total. The minimum atomic E-state index is -0.0795.